The molecule has 88 valence electrons. The lowest BCUT2D eigenvalue weighted by molar-refractivity contribution is -0.127. The summed E-state index contributed by atoms with van der Waals surface area (Å²) in [6.45, 7) is 0. The van der Waals surface area contributed by atoms with Gasteiger partial charge in [-0.15, -0.1) is 0 Å². The monoisotopic (exact) mass is 257 g/mol. The Kier molecular flexibility index (Phi) is 5.90. The van der Waals surface area contributed by atoms with Gasteiger partial charge in [0, 0.05) is 28.3 Å². The van der Waals surface area contributed by atoms with Crippen LogP contribution in [0.25, 0.3) is 0 Å². The van der Waals surface area contributed by atoms with Crippen molar-refractivity contribution in [2.45, 2.75) is 0 Å². The summed E-state index contributed by atoms with van der Waals surface area (Å²) in [5, 5.41) is 0. The predicted molar refractivity (Wildman–Crippen MR) is 55.3 cm³/mol. The molecule has 0 spiro atoms. The Bertz CT molecular complexity index is 296. The Morgan fingerprint density at radius 3 is 2.07 bits per heavy atom. The van der Waals surface area contributed by atoms with Crippen LogP contribution < -0.4 is 0 Å². The van der Waals surface area contributed by atoms with E-state index in [0.717, 1.165) is 19.8 Å². The van der Waals surface area contributed by atoms with E-state index in [1.807, 2.05) is 0 Å². The molecular weight excluding hydrogens is 245 g/mol. The number of halogens is 1. The molecule has 0 radical (unpaired) electrons. The molecule has 0 fully saturated rings. The van der Waals surface area contributed by atoms with Crippen LogP contribution >= 0.6 is 19.4 Å². The zero-order valence-corrected chi connectivity index (χ0v) is 10.5. The van der Waals surface area contributed by atoms with Crippen LogP contribution in [-0.4, -0.2) is 39.1 Å². The van der Waals surface area contributed by atoms with Gasteiger partial charge in [0.1, 0.15) is 0 Å². The summed E-state index contributed by atoms with van der Waals surface area (Å²) in [6.07, 6.45) is 0. The molecule has 15 heavy (non-hydrogen) atoms. The van der Waals surface area contributed by atoms with Crippen LogP contribution in [0.1, 0.15) is 0 Å². The number of nitrogens with zero attached hydrogens (tertiary/aromatic N) is 1. The molecule has 0 bridgehead atoms. The van der Waals surface area contributed by atoms with Gasteiger partial charge in [0.15, 0.2) is 0 Å². The smallest absolute Gasteiger partial charge is 0.397 e. The largest absolute Gasteiger partial charge is 0.529 e. The van der Waals surface area contributed by atoms with E-state index in [4.69, 9.17) is 16.1 Å². The fraction of sp³-hybridized carbons (Fsp3) is 0.571. The minimum atomic E-state index is -3.75. The molecule has 0 unspecified atom stereocenters. The van der Waals surface area contributed by atoms with Crippen molar-refractivity contribution in [2.24, 2.45) is 0 Å². The Morgan fingerprint density at radius 2 is 1.80 bits per heavy atom. The molecule has 0 aliphatic rings. The van der Waals surface area contributed by atoms with Crippen molar-refractivity contribution in [1.82, 2.24) is 4.90 Å². The van der Waals surface area contributed by atoms with Gasteiger partial charge in [0.05, 0.1) is 5.54 Å². The maximum absolute atomic E-state index is 11.5. The van der Waals surface area contributed by atoms with Crippen molar-refractivity contribution in [3.63, 3.8) is 0 Å². The number of hydrogen-bond donors (Lipinski definition) is 0. The van der Waals surface area contributed by atoms with Crippen molar-refractivity contribution in [3.8, 4) is 0 Å². The Morgan fingerprint density at radius 1 is 1.33 bits per heavy atom. The third kappa shape index (κ3) is 4.22. The number of carbonyl (C=O) groups is 1. The van der Waals surface area contributed by atoms with E-state index < -0.39 is 13.7 Å². The van der Waals surface area contributed by atoms with E-state index in [-0.39, 0.29) is 5.76 Å². The van der Waals surface area contributed by atoms with Crippen LogP contribution in [0.15, 0.2) is 11.3 Å². The van der Waals surface area contributed by atoms with Crippen LogP contribution in [0.3, 0.4) is 0 Å². The van der Waals surface area contributed by atoms with E-state index in [1.165, 1.54) is 19.0 Å². The minimum absolute atomic E-state index is 0.311. The van der Waals surface area contributed by atoms with Gasteiger partial charge in [0.25, 0.3) is 5.91 Å². The van der Waals surface area contributed by atoms with Crippen LogP contribution in [0.5, 0.6) is 0 Å². The third-order valence-corrected chi connectivity index (χ3v) is 2.89. The number of amides is 1. The molecule has 0 aliphatic heterocycles. The molecular formula is C7H13ClNO5P. The first-order valence-corrected chi connectivity index (χ1v) is 5.73. The van der Waals surface area contributed by atoms with E-state index in [0.29, 0.717) is 0 Å². The summed E-state index contributed by atoms with van der Waals surface area (Å²) in [5.74, 6) is -0.854. The number of rotatable bonds is 5. The SMILES string of the molecule is COP(=O)(OC)O/C(=C/Cl)C(=O)N(C)C. The number of phosphoric acid groups is 1. The summed E-state index contributed by atoms with van der Waals surface area (Å²) in [7, 11) is 1.52. The average molecular weight is 258 g/mol. The van der Waals surface area contributed by atoms with Gasteiger partial charge in [-0.2, -0.15) is 0 Å². The molecule has 0 saturated heterocycles. The van der Waals surface area contributed by atoms with Gasteiger partial charge < -0.3 is 9.42 Å². The van der Waals surface area contributed by atoms with Gasteiger partial charge in [-0.1, -0.05) is 11.6 Å². The lowest BCUT2D eigenvalue weighted by Gasteiger charge is -2.17. The minimum Gasteiger partial charge on any atom is -0.397 e. The molecule has 6 nitrogen and oxygen atoms in total. The molecule has 0 aromatic carbocycles. The van der Waals surface area contributed by atoms with Crippen LogP contribution in [0.2, 0.25) is 0 Å². The Hall–Kier alpha value is -0.550. The number of likely N-dealkylation sites (N-methyl/N-ethyl adjacent to an activating group) is 1. The summed E-state index contributed by atoms with van der Waals surface area (Å²) >= 11 is 5.36. The quantitative estimate of drug-likeness (QED) is 0.425. The lowest BCUT2D eigenvalue weighted by Crippen LogP contribution is -2.24. The molecule has 0 saturated carbocycles. The molecule has 0 N–H and O–H groups in total. The van der Waals surface area contributed by atoms with E-state index in [1.54, 1.807) is 0 Å². The summed E-state index contributed by atoms with van der Waals surface area (Å²) in [5.41, 5.74) is 0.868. The maximum atomic E-state index is 11.5. The van der Waals surface area contributed by atoms with Crippen LogP contribution in [0.4, 0.5) is 0 Å². The summed E-state index contributed by atoms with van der Waals surface area (Å²) in [4.78, 5) is 12.6. The van der Waals surface area contributed by atoms with Crippen LogP contribution in [0, 0.1) is 0 Å². The average Bonchev–Trinajstić information content (AvgIpc) is 2.24. The van der Waals surface area contributed by atoms with Crippen molar-refractivity contribution in [3.05, 3.63) is 11.3 Å². The summed E-state index contributed by atoms with van der Waals surface area (Å²) < 4.78 is 25.2. The van der Waals surface area contributed by atoms with Gasteiger partial charge in [0.2, 0.25) is 5.76 Å². The van der Waals surface area contributed by atoms with Crippen LogP contribution in [-0.2, 0) is 22.9 Å². The summed E-state index contributed by atoms with van der Waals surface area (Å²) in [6, 6.07) is 0. The third-order valence-electron chi connectivity index (χ3n) is 1.37. The fourth-order valence-corrected chi connectivity index (χ4v) is 1.47. The molecule has 1 amide bonds. The molecule has 0 heterocycles. The molecule has 8 heteroatoms. The number of hydrogen-bond acceptors (Lipinski definition) is 5. The van der Waals surface area contributed by atoms with Gasteiger partial charge in [-0.25, -0.2) is 4.57 Å². The van der Waals surface area contributed by atoms with E-state index >= 15 is 0 Å². The first-order chi connectivity index (χ1) is 6.90. The normalized spacial score (nSPS) is 12.5. The van der Waals surface area contributed by atoms with E-state index in [2.05, 4.69) is 9.05 Å². The second-order valence-electron chi connectivity index (χ2n) is 2.58. The second-order valence-corrected chi connectivity index (χ2v) is 4.60. The lowest BCUT2D eigenvalue weighted by atomic mass is 10.5. The first kappa shape index (κ1) is 14.5. The maximum Gasteiger partial charge on any atom is 0.529 e. The molecule has 0 aromatic heterocycles. The van der Waals surface area contributed by atoms with Crippen molar-refractivity contribution in [2.75, 3.05) is 28.3 Å². The topological polar surface area (TPSA) is 65.1 Å². The van der Waals surface area contributed by atoms with Crippen molar-refractivity contribution in [1.29, 1.82) is 0 Å². The Balaban J connectivity index is 4.76. The van der Waals surface area contributed by atoms with Gasteiger partial charge >= 0.3 is 7.82 Å². The fourth-order valence-electron chi connectivity index (χ4n) is 0.596. The highest BCUT2D eigenvalue weighted by Crippen LogP contribution is 2.49. The highest BCUT2D eigenvalue weighted by molar-refractivity contribution is 7.48. The molecule has 0 rings (SSSR count). The molecule has 0 atom stereocenters. The van der Waals surface area contributed by atoms with Crippen molar-refractivity contribution < 1.29 is 22.9 Å². The Labute approximate surface area is 93.4 Å². The van der Waals surface area contributed by atoms with Crippen molar-refractivity contribution >= 4 is 25.3 Å². The predicted octanol–water partition coefficient (Wildman–Crippen LogP) is 1.57. The first-order valence-electron chi connectivity index (χ1n) is 3.83. The zero-order chi connectivity index (χ0) is 12.1. The number of carbonyl (C=O) groups excluding carboxylic acids is 1. The zero-order valence-electron chi connectivity index (χ0n) is 8.89. The highest BCUT2D eigenvalue weighted by atomic mass is 35.5. The van der Waals surface area contributed by atoms with Gasteiger partial charge in [-0.3, -0.25) is 13.8 Å². The standard InChI is InChI=1S/C7H13ClNO5P/c1-9(2)7(10)6(5-8)14-15(11,12-3)13-4/h5H,1-4H3/b6-5+. The molecule has 0 aliphatic carbocycles. The van der Waals surface area contributed by atoms with E-state index in [9.17, 15) is 9.36 Å². The second kappa shape index (κ2) is 6.12. The van der Waals surface area contributed by atoms with Gasteiger partial charge in [-0.05, 0) is 0 Å². The number of phosphoric ester groups is 1. The molecule has 0 aromatic rings. The highest BCUT2D eigenvalue weighted by Gasteiger charge is 2.29.